The highest BCUT2D eigenvalue weighted by molar-refractivity contribution is 5.06. The van der Waals surface area contributed by atoms with Gasteiger partial charge in [0.15, 0.2) is 24.8 Å². The molecule has 0 saturated heterocycles. The number of aromatic nitrogens is 2. The molecule has 1 aliphatic heterocycles. The molecule has 152 valence electrons. The van der Waals surface area contributed by atoms with Crippen molar-refractivity contribution >= 4 is 0 Å². The molecule has 0 amide bonds. The molecule has 0 N–H and O–H groups in total. The molecule has 3 heterocycles. The van der Waals surface area contributed by atoms with Crippen molar-refractivity contribution in [2.45, 2.75) is 103 Å². The first-order valence-electron chi connectivity index (χ1n) is 11.9. The molecule has 0 atom stereocenters. The van der Waals surface area contributed by atoms with Crippen LogP contribution < -0.4 is 9.13 Å². The van der Waals surface area contributed by atoms with Crippen LogP contribution in [-0.4, -0.2) is 0 Å². The Hall–Kier alpha value is -1.70. The van der Waals surface area contributed by atoms with Crippen LogP contribution in [0.2, 0.25) is 0 Å². The number of aryl methyl sites for hydroxylation is 4. The summed E-state index contributed by atoms with van der Waals surface area (Å²) < 4.78 is 4.82. The molecule has 0 radical (unpaired) electrons. The minimum Gasteiger partial charge on any atom is -0.205 e. The van der Waals surface area contributed by atoms with Crippen molar-refractivity contribution in [2.24, 2.45) is 0 Å². The first-order chi connectivity index (χ1) is 13.9. The van der Waals surface area contributed by atoms with Crippen LogP contribution in [0.4, 0.5) is 0 Å². The summed E-state index contributed by atoms with van der Waals surface area (Å²) in [7, 11) is 0. The minimum absolute atomic E-state index is 1.18. The van der Waals surface area contributed by atoms with Crippen LogP contribution in [0.5, 0.6) is 0 Å². The van der Waals surface area contributed by atoms with Gasteiger partial charge in [0.2, 0.25) is 0 Å². The number of fused-ring (bicyclic) bond motifs is 4. The topological polar surface area (TPSA) is 7.76 Å². The van der Waals surface area contributed by atoms with E-state index in [-0.39, 0.29) is 0 Å². The van der Waals surface area contributed by atoms with Gasteiger partial charge in [-0.1, -0.05) is 38.5 Å². The van der Waals surface area contributed by atoms with Gasteiger partial charge in [-0.15, -0.1) is 0 Å². The third-order valence-electron chi connectivity index (χ3n) is 6.10. The Labute approximate surface area is 172 Å². The summed E-state index contributed by atoms with van der Waals surface area (Å²) >= 11 is 0. The lowest BCUT2D eigenvalue weighted by Gasteiger charge is -2.05. The van der Waals surface area contributed by atoms with Gasteiger partial charge in [-0.05, 0) is 50.7 Å². The SMILES string of the molecule is c1cc2c[n+](c1)CCCCCCCCCC[n+]1cccc(c1)CCCCCC2. The van der Waals surface area contributed by atoms with Gasteiger partial charge in [-0.3, -0.25) is 0 Å². The lowest BCUT2D eigenvalue weighted by atomic mass is 10.0. The molecule has 0 aliphatic carbocycles. The average Bonchev–Trinajstić information content (AvgIpc) is 2.72. The standard InChI is InChI=1S/C26H40N2/c1-2-4-8-12-20-28-22-14-18-26(24-28)16-10-6-5-9-15-25-17-13-21-27(23-25)19-11-7-3-1/h13-14,17-18,21-24H,1-12,15-16,19-20H2/q+2. The zero-order valence-electron chi connectivity index (χ0n) is 17.8. The van der Waals surface area contributed by atoms with Crippen LogP contribution in [0.25, 0.3) is 0 Å². The van der Waals surface area contributed by atoms with Crippen molar-refractivity contribution < 1.29 is 9.13 Å². The second-order valence-electron chi connectivity index (χ2n) is 8.64. The van der Waals surface area contributed by atoms with Gasteiger partial charge in [0.25, 0.3) is 0 Å². The highest BCUT2D eigenvalue weighted by atomic mass is 14.9. The van der Waals surface area contributed by atoms with E-state index < -0.39 is 0 Å². The van der Waals surface area contributed by atoms with Crippen molar-refractivity contribution in [3.63, 3.8) is 0 Å². The summed E-state index contributed by atoms with van der Waals surface area (Å²) in [5.41, 5.74) is 3.02. The normalized spacial score (nSPS) is 18.6. The molecule has 2 heteroatoms. The smallest absolute Gasteiger partial charge is 0.171 e. The molecule has 28 heavy (non-hydrogen) atoms. The Morgan fingerprint density at radius 2 is 0.857 bits per heavy atom. The second-order valence-corrected chi connectivity index (χ2v) is 8.64. The molecular formula is C26H40N2+2. The summed E-state index contributed by atoms with van der Waals surface area (Å²) in [4.78, 5) is 0. The number of nitrogens with zero attached hydrogens (tertiary/aromatic N) is 2. The van der Waals surface area contributed by atoms with E-state index in [2.05, 4.69) is 58.2 Å². The fraction of sp³-hybridized carbons (Fsp3) is 0.615. The van der Waals surface area contributed by atoms with E-state index >= 15 is 0 Å². The maximum Gasteiger partial charge on any atom is 0.171 e. The molecule has 2 nitrogen and oxygen atoms in total. The van der Waals surface area contributed by atoms with Gasteiger partial charge in [-0.2, -0.15) is 0 Å². The number of pyridine rings is 2. The van der Waals surface area contributed by atoms with Crippen molar-refractivity contribution in [1.82, 2.24) is 0 Å². The van der Waals surface area contributed by atoms with Gasteiger partial charge < -0.3 is 0 Å². The van der Waals surface area contributed by atoms with Crippen LogP contribution in [0.15, 0.2) is 49.1 Å². The van der Waals surface area contributed by atoms with Crippen LogP contribution in [0.3, 0.4) is 0 Å². The van der Waals surface area contributed by atoms with Crippen molar-refractivity contribution in [1.29, 1.82) is 0 Å². The highest BCUT2D eigenvalue weighted by Crippen LogP contribution is 2.11. The van der Waals surface area contributed by atoms with Crippen LogP contribution in [-0.2, 0) is 25.9 Å². The molecule has 0 fully saturated rings. The second kappa shape index (κ2) is 12.7. The summed E-state index contributed by atoms with van der Waals surface area (Å²) in [6, 6.07) is 9.08. The Kier molecular flexibility index (Phi) is 9.53. The Morgan fingerprint density at radius 1 is 0.464 bits per heavy atom. The molecule has 0 aromatic carbocycles. The van der Waals surface area contributed by atoms with Gasteiger partial charge in [-0.25, -0.2) is 9.13 Å². The summed E-state index contributed by atoms with van der Waals surface area (Å²) in [6.07, 6.45) is 28.1. The van der Waals surface area contributed by atoms with E-state index in [1.54, 1.807) is 0 Å². The van der Waals surface area contributed by atoms with E-state index in [9.17, 15) is 0 Å². The van der Waals surface area contributed by atoms with E-state index in [1.807, 2.05) is 0 Å². The third kappa shape index (κ3) is 8.12. The first kappa shape index (κ1) is 21.0. The number of hydrogen-bond acceptors (Lipinski definition) is 0. The highest BCUT2D eigenvalue weighted by Gasteiger charge is 2.05. The minimum atomic E-state index is 1.18. The molecule has 3 rings (SSSR count). The van der Waals surface area contributed by atoms with Crippen molar-refractivity contribution in [2.75, 3.05) is 0 Å². The molecule has 0 spiro atoms. The van der Waals surface area contributed by atoms with E-state index in [0.29, 0.717) is 0 Å². The molecule has 0 saturated carbocycles. The van der Waals surface area contributed by atoms with Crippen LogP contribution in [0.1, 0.15) is 88.2 Å². The maximum atomic E-state index is 2.41. The molecule has 2 aromatic heterocycles. The molecule has 0 unspecified atom stereocenters. The lowest BCUT2D eigenvalue weighted by molar-refractivity contribution is -0.697. The maximum absolute atomic E-state index is 2.41. The Balaban J connectivity index is 1.50. The monoisotopic (exact) mass is 380 g/mol. The van der Waals surface area contributed by atoms with Gasteiger partial charge in [0.05, 0.1) is 0 Å². The summed E-state index contributed by atoms with van der Waals surface area (Å²) in [5, 5.41) is 0. The lowest BCUT2D eigenvalue weighted by Crippen LogP contribution is -2.33. The zero-order valence-corrected chi connectivity index (χ0v) is 17.8. The van der Waals surface area contributed by atoms with Gasteiger partial charge in [0.1, 0.15) is 13.1 Å². The Morgan fingerprint density at radius 3 is 1.32 bits per heavy atom. The van der Waals surface area contributed by atoms with Crippen molar-refractivity contribution in [3.8, 4) is 0 Å². The number of hydrogen-bond donors (Lipinski definition) is 0. The third-order valence-corrected chi connectivity index (χ3v) is 6.10. The molecule has 2 aromatic rings. The van der Waals surface area contributed by atoms with E-state index in [4.69, 9.17) is 0 Å². The van der Waals surface area contributed by atoms with E-state index in [0.717, 1.165) is 0 Å². The molecule has 1 aliphatic rings. The zero-order chi connectivity index (χ0) is 19.3. The summed E-state index contributed by atoms with van der Waals surface area (Å²) in [6.45, 7) is 2.37. The largest absolute Gasteiger partial charge is 0.205 e. The van der Waals surface area contributed by atoms with Crippen LogP contribution >= 0.6 is 0 Å². The van der Waals surface area contributed by atoms with E-state index in [1.165, 1.54) is 114 Å². The first-order valence-corrected chi connectivity index (χ1v) is 11.9. The van der Waals surface area contributed by atoms with Gasteiger partial charge in [0, 0.05) is 36.1 Å². The summed E-state index contributed by atoms with van der Waals surface area (Å²) in [5.74, 6) is 0. The average molecular weight is 381 g/mol. The fourth-order valence-corrected chi connectivity index (χ4v) is 4.39. The van der Waals surface area contributed by atoms with Crippen LogP contribution in [0, 0.1) is 0 Å². The molecule has 4 bridgehead atoms. The number of rotatable bonds is 0. The van der Waals surface area contributed by atoms with Crippen molar-refractivity contribution in [3.05, 3.63) is 60.2 Å². The molecular weight excluding hydrogens is 340 g/mol. The quantitative estimate of drug-likeness (QED) is 0.515. The predicted octanol–water partition coefficient (Wildman–Crippen LogP) is 5.74. The predicted molar refractivity (Wildman–Crippen MR) is 116 cm³/mol. The fourth-order valence-electron chi connectivity index (χ4n) is 4.39. The van der Waals surface area contributed by atoms with Gasteiger partial charge >= 0.3 is 0 Å². The Bertz CT molecular complexity index is 620.